The van der Waals surface area contributed by atoms with Gasteiger partial charge in [-0.3, -0.25) is 14.5 Å². The highest BCUT2D eigenvalue weighted by Crippen LogP contribution is 2.35. The van der Waals surface area contributed by atoms with Crippen molar-refractivity contribution in [2.24, 2.45) is 4.99 Å². The number of anilines is 1. The number of hydrogen-bond donors (Lipinski definition) is 0. The molecule has 0 N–H and O–H groups in total. The first-order valence-corrected chi connectivity index (χ1v) is 12.5. The van der Waals surface area contributed by atoms with Crippen LogP contribution < -0.4 is 14.4 Å². The molecule has 3 aliphatic rings. The average Bonchev–Trinajstić information content (AvgIpc) is 3.42. The summed E-state index contributed by atoms with van der Waals surface area (Å²) in [6.45, 7) is 5.09. The van der Waals surface area contributed by atoms with Gasteiger partial charge in [-0.15, -0.1) is 0 Å². The number of fused-ring (bicyclic) bond motifs is 1. The van der Waals surface area contributed by atoms with E-state index >= 15 is 0 Å². The number of carbonyl (C=O) groups is 2. The summed E-state index contributed by atoms with van der Waals surface area (Å²) in [5.41, 5.74) is 2.95. The highest BCUT2D eigenvalue weighted by Gasteiger charge is 2.33. The lowest BCUT2D eigenvalue weighted by Crippen LogP contribution is -2.43. The molecule has 176 valence electrons. The molecular formula is C26H27N3O4S. The van der Waals surface area contributed by atoms with Gasteiger partial charge < -0.3 is 14.4 Å². The summed E-state index contributed by atoms with van der Waals surface area (Å²) in [5.74, 6) is 1.45. The smallest absolute Gasteiger partial charge is 0.283 e. The minimum atomic E-state index is -0.220. The second kappa shape index (κ2) is 9.54. The number of amides is 2. The maximum absolute atomic E-state index is 13.4. The summed E-state index contributed by atoms with van der Waals surface area (Å²) < 4.78 is 10.8. The Bertz CT molecular complexity index is 1180. The van der Waals surface area contributed by atoms with Crippen molar-refractivity contribution in [1.82, 2.24) is 4.90 Å². The lowest BCUT2D eigenvalue weighted by Gasteiger charge is -2.33. The Labute approximate surface area is 203 Å². The van der Waals surface area contributed by atoms with Crippen molar-refractivity contribution in [3.63, 3.8) is 0 Å². The van der Waals surface area contributed by atoms with Crippen LogP contribution in [0.4, 0.5) is 5.69 Å². The number of nitrogens with zero attached hydrogens (tertiary/aromatic N) is 3. The molecule has 2 aromatic rings. The molecule has 2 amide bonds. The van der Waals surface area contributed by atoms with Crippen LogP contribution in [0, 0.1) is 6.92 Å². The molecule has 1 saturated heterocycles. The number of hydrogen-bond acceptors (Lipinski definition) is 6. The maximum atomic E-state index is 13.4. The van der Waals surface area contributed by atoms with Gasteiger partial charge in [0.05, 0.1) is 11.4 Å². The number of amidine groups is 1. The third-order valence-corrected chi connectivity index (χ3v) is 7.19. The average molecular weight is 478 g/mol. The van der Waals surface area contributed by atoms with Gasteiger partial charge in [0.15, 0.2) is 16.7 Å². The molecule has 2 aromatic carbocycles. The number of rotatable bonds is 4. The third-order valence-electron chi connectivity index (χ3n) is 6.27. The predicted molar refractivity (Wildman–Crippen MR) is 134 cm³/mol. The Balaban J connectivity index is 1.41. The molecule has 0 saturated carbocycles. The molecule has 7 nitrogen and oxygen atoms in total. The zero-order valence-corrected chi connectivity index (χ0v) is 20.1. The quantitative estimate of drug-likeness (QED) is 0.602. The van der Waals surface area contributed by atoms with E-state index in [9.17, 15) is 9.59 Å². The van der Waals surface area contributed by atoms with Crippen LogP contribution in [-0.2, 0) is 9.59 Å². The first-order valence-electron chi connectivity index (χ1n) is 11.5. The monoisotopic (exact) mass is 477 g/mol. The summed E-state index contributed by atoms with van der Waals surface area (Å²) >= 11 is 1.31. The van der Waals surface area contributed by atoms with Crippen molar-refractivity contribution in [2.45, 2.75) is 39.2 Å². The van der Waals surface area contributed by atoms with Crippen molar-refractivity contribution in [3.05, 3.63) is 59.3 Å². The van der Waals surface area contributed by atoms with E-state index in [1.54, 1.807) is 11.0 Å². The third kappa shape index (κ3) is 4.55. The minimum Gasteiger partial charge on any atom is -0.454 e. The van der Waals surface area contributed by atoms with Gasteiger partial charge in [-0.1, -0.05) is 35.5 Å². The van der Waals surface area contributed by atoms with E-state index in [0.29, 0.717) is 22.4 Å². The van der Waals surface area contributed by atoms with Gasteiger partial charge in [0.25, 0.3) is 5.91 Å². The van der Waals surface area contributed by atoms with Crippen molar-refractivity contribution in [1.29, 1.82) is 0 Å². The highest BCUT2D eigenvalue weighted by atomic mass is 32.2. The fourth-order valence-electron chi connectivity index (χ4n) is 4.35. The van der Waals surface area contributed by atoms with E-state index in [4.69, 9.17) is 9.47 Å². The molecule has 3 heterocycles. The molecular weight excluding hydrogens is 450 g/mol. The number of piperidine rings is 1. The molecule has 0 bridgehead atoms. The highest BCUT2D eigenvalue weighted by molar-refractivity contribution is 8.14. The zero-order valence-electron chi connectivity index (χ0n) is 19.3. The van der Waals surface area contributed by atoms with Gasteiger partial charge in [0.1, 0.15) is 5.70 Å². The first kappa shape index (κ1) is 22.5. The molecule has 34 heavy (non-hydrogen) atoms. The normalized spacial score (nSPS) is 20.8. The largest absolute Gasteiger partial charge is 0.454 e. The van der Waals surface area contributed by atoms with Gasteiger partial charge >= 0.3 is 0 Å². The van der Waals surface area contributed by atoms with Gasteiger partial charge in [0, 0.05) is 12.6 Å². The van der Waals surface area contributed by atoms with Crippen LogP contribution in [0.3, 0.4) is 0 Å². The number of thioether (sulfide) groups is 1. The Morgan fingerprint density at radius 3 is 2.74 bits per heavy atom. The van der Waals surface area contributed by atoms with Crippen LogP contribution in [0.1, 0.15) is 37.3 Å². The summed E-state index contributed by atoms with van der Waals surface area (Å²) in [5, 5.41) is 0.513. The van der Waals surface area contributed by atoms with Crippen molar-refractivity contribution < 1.29 is 19.1 Å². The molecule has 0 spiro atoms. The lowest BCUT2D eigenvalue weighted by molar-refractivity contribution is -0.131. The van der Waals surface area contributed by atoms with Crippen LogP contribution in [0.15, 0.2) is 53.2 Å². The topological polar surface area (TPSA) is 71.4 Å². The number of aryl methyl sites for hydroxylation is 1. The molecule has 8 heteroatoms. The van der Waals surface area contributed by atoms with Crippen LogP contribution in [0.25, 0.3) is 6.08 Å². The lowest BCUT2D eigenvalue weighted by atomic mass is 10.0. The Hall–Kier alpha value is -3.26. The Morgan fingerprint density at radius 2 is 1.94 bits per heavy atom. The summed E-state index contributed by atoms with van der Waals surface area (Å²) in [6, 6.07) is 13.5. The standard InChI is InChI=1S/C26H27N3O4S/c1-17-6-9-20(10-7-17)29-25(31)21(13-19-8-11-22-23(14-19)33-16-32-22)27-26(29)34-15-24(30)28-12-4-3-5-18(28)2/h6-11,13-14,18H,3-5,12,15-16H2,1-2H3/b21-13-/t18-/m0/s1. The number of carbonyl (C=O) groups excluding carboxylic acids is 2. The Morgan fingerprint density at radius 1 is 1.15 bits per heavy atom. The van der Waals surface area contributed by atoms with E-state index in [1.807, 2.05) is 54.3 Å². The van der Waals surface area contributed by atoms with Gasteiger partial charge in [-0.25, -0.2) is 4.99 Å². The van der Waals surface area contributed by atoms with Crippen LogP contribution in [-0.4, -0.2) is 47.0 Å². The SMILES string of the molecule is Cc1ccc(N2C(=O)/C(=C/c3ccc4c(c3)OCO4)N=C2SCC(=O)N2CCCC[C@@H]2C)cc1. The number of aliphatic imine (C=N–C) groups is 1. The number of benzene rings is 2. The molecule has 0 aliphatic carbocycles. The van der Waals surface area contributed by atoms with E-state index in [0.717, 1.165) is 42.6 Å². The summed E-state index contributed by atoms with van der Waals surface area (Å²) in [7, 11) is 0. The second-order valence-electron chi connectivity index (χ2n) is 8.73. The van der Waals surface area contributed by atoms with Gasteiger partial charge in [0.2, 0.25) is 12.7 Å². The van der Waals surface area contributed by atoms with E-state index < -0.39 is 0 Å². The molecule has 1 atom stereocenters. The van der Waals surface area contributed by atoms with Crippen LogP contribution in [0.2, 0.25) is 0 Å². The van der Waals surface area contributed by atoms with Gasteiger partial charge in [-0.05, 0) is 69.0 Å². The second-order valence-corrected chi connectivity index (χ2v) is 9.68. The van der Waals surface area contributed by atoms with Crippen molar-refractivity contribution in [2.75, 3.05) is 24.0 Å². The molecule has 0 aromatic heterocycles. The molecule has 3 aliphatic heterocycles. The van der Waals surface area contributed by atoms with Crippen LogP contribution >= 0.6 is 11.8 Å². The van der Waals surface area contributed by atoms with Crippen molar-refractivity contribution in [3.8, 4) is 11.5 Å². The predicted octanol–water partition coefficient (Wildman–Crippen LogP) is 4.60. The molecule has 1 fully saturated rings. The van der Waals surface area contributed by atoms with E-state index in [1.165, 1.54) is 11.8 Å². The van der Waals surface area contributed by atoms with Gasteiger partial charge in [-0.2, -0.15) is 0 Å². The van der Waals surface area contributed by atoms with Crippen LogP contribution in [0.5, 0.6) is 11.5 Å². The molecule has 0 radical (unpaired) electrons. The van der Waals surface area contributed by atoms with E-state index in [-0.39, 0.29) is 30.4 Å². The first-order chi connectivity index (χ1) is 16.5. The maximum Gasteiger partial charge on any atom is 0.283 e. The summed E-state index contributed by atoms with van der Waals surface area (Å²) in [4.78, 5) is 34.5. The zero-order chi connectivity index (χ0) is 23.7. The van der Waals surface area contributed by atoms with E-state index in [2.05, 4.69) is 11.9 Å². The minimum absolute atomic E-state index is 0.0874. The molecule has 0 unspecified atom stereocenters. The Kier molecular flexibility index (Phi) is 6.32. The molecule has 5 rings (SSSR count). The summed E-state index contributed by atoms with van der Waals surface area (Å²) in [6.07, 6.45) is 4.98. The number of ether oxygens (including phenoxy) is 2. The fourth-order valence-corrected chi connectivity index (χ4v) is 5.25. The van der Waals surface area contributed by atoms with Crippen molar-refractivity contribution >= 4 is 40.5 Å². The fraction of sp³-hybridized carbons (Fsp3) is 0.346. The number of likely N-dealkylation sites (tertiary alicyclic amines) is 1.